The summed E-state index contributed by atoms with van der Waals surface area (Å²) >= 11 is 1.37. The summed E-state index contributed by atoms with van der Waals surface area (Å²) in [6.07, 6.45) is 0. The first kappa shape index (κ1) is 19.8. The minimum absolute atomic E-state index is 0.0107. The number of thiazole rings is 1. The van der Waals surface area contributed by atoms with Crippen molar-refractivity contribution in [2.75, 3.05) is 13.7 Å². The van der Waals surface area contributed by atoms with Gasteiger partial charge >= 0.3 is 5.97 Å². The molecule has 0 aliphatic carbocycles. The van der Waals surface area contributed by atoms with Crippen molar-refractivity contribution in [3.63, 3.8) is 0 Å². The minimum atomic E-state index is -0.418. The number of rotatable bonds is 6. The number of hydrogen-bond donors (Lipinski definition) is 0. The number of carbonyl (C=O) groups excluding carboxylic acids is 2. The Kier molecular flexibility index (Phi) is 6.26. The summed E-state index contributed by atoms with van der Waals surface area (Å²) in [5, 5.41) is 0. The lowest BCUT2D eigenvalue weighted by Gasteiger charge is -2.06. The lowest BCUT2D eigenvalue weighted by atomic mass is 10.0. The Morgan fingerprint density at radius 1 is 1.14 bits per heavy atom. The number of methoxy groups -OCH3 is 1. The van der Waals surface area contributed by atoms with Crippen LogP contribution in [-0.4, -0.2) is 30.2 Å². The lowest BCUT2D eigenvalue weighted by Crippen LogP contribution is -2.23. The summed E-state index contributed by atoms with van der Waals surface area (Å²) in [4.78, 5) is 28.8. The van der Waals surface area contributed by atoms with Gasteiger partial charge in [-0.25, -0.2) is 0 Å². The van der Waals surface area contributed by atoms with E-state index in [1.54, 1.807) is 16.7 Å². The minimum Gasteiger partial charge on any atom is -0.484 e. The molecule has 0 aliphatic heterocycles. The second kappa shape index (κ2) is 8.84. The number of amides is 1. The average molecular weight is 398 g/mol. The van der Waals surface area contributed by atoms with Crippen molar-refractivity contribution in [3.8, 4) is 5.75 Å². The van der Waals surface area contributed by atoms with Crippen LogP contribution in [0, 0.1) is 0 Å². The molecular formula is C21H22N2O4S. The Balaban J connectivity index is 1.94. The molecule has 0 saturated carbocycles. The predicted molar refractivity (Wildman–Crippen MR) is 108 cm³/mol. The molecule has 0 unspecified atom stereocenters. The van der Waals surface area contributed by atoms with Gasteiger partial charge in [-0.15, -0.1) is 0 Å². The van der Waals surface area contributed by atoms with Crippen molar-refractivity contribution in [2.45, 2.75) is 26.3 Å². The highest BCUT2D eigenvalue weighted by molar-refractivity contribution is 7.16. The van der Waals surface area contributed by atoms with Gasteiger partial charge in [-0.1, -0.05) is 49.4 Å². The second-order valence-electron chi connectivity index (χ2n) is 6.54. The number of para-hydroxylation sites is 1. The number of aromatic nitrogens is 1. The molecule has 1 heterocycles. The number of esters is 1. The van der Waals surface area contributed by atoms with Crippen molar-refractivity contribution in [2.24, 2.45) is 4.99 Å². The van der Waals surface area contributed by atoms with Gasteiger partial charge in [0.05, 0.1) is 17.3 Å². The maximum Gasteiger partial charge on any atom is 0.325 e. The molecular weight excluding hydrogens is 376 g/mol. The Morgan fingerprint density at radius 3 is 2.57 bits per heavy atom. The fourth-order valence-electron chi connectivity index (χ4n) is 2.68. The molecule has 1 aromatic heterocycles. The maximum atomic E-state index is 12.3. The van der Waals surface area contributed by atoms with Crippen LogP contribution < -0.4 is 9.54 Å². The molecule has 0 saturated heterocycles. The SMILES string of the molecule is COC(=O)Cn1c(=NC(=O)COc2ccccc2)sc2cc(C(C)C)ccc21. The van der Waals surface area contributed by atoms with Gasteiger partial charge < -0.3 is 14.0 Å². The number of fused-ring (bicyclic) bond motifs is 1. The predicted octanol–water partition coefficient (Wildman–Crippen LogP) is 3.51. The number of nitrogens with zero attached hydrogens (tertiary/aromatic N) is 2. The van der Waals surface area contributed by atoms with E-state index in [1.807, 2.05) is 30.3 Å². The van der Waals surface area contributed by atoms with Gasteiger partial charge in [0.25, 0.3) is 5.91 Å². The van der Waals surface area contributed by atoms with E-state index in [2.05, 4.69) is 24.9 Å². The second-order valence-corrected chi connectivity index (χ2v) is 7.55. The third-order valence-corrected chi connectivity index (χ3v) is 5.26. The largest absolute Gasteiger partial charge is 0.484 e. The molecule has 146 valence electrons. The maximum absolute atomic E-state index is 12.3. The van der Waals surface area contributed by atoms with E-state index < -0.39 is 11.9 Å². The number of benzene rings is 2. The first-order valence-electron chi connectivity index (χ1n) is 8.93. The summed E-state index contributed by atoms with van der Waals surface area (Å²) in [5.74, 6) is 0.161. The van der Waals surface area contributed by atoms with E-state index in [9.17, 15) is 9.59 Å². The molecule has 3 aromatic rings. The van der Waals surface area contributed by atoms with Crippen molar-refractivity contribution < 1.29 is 19.1 Å². The van der Waals surface area contributed by atoms with Crippen LogP contribution in [0.3, 0.4) is 0 Å². The molecule has 3 rings (SSSR count). The van der Waals surface area contributed by atoms with E-state index in [1.165, 1.54) is 24.0 Å². The van der Waals surface area contributed by atoms with Gasteiger partial charge in [-0.2, -0.15) is 4.99 Å². The van der Waals surface area contributed by atoms with Crippen LogP contribution in [0.1, 0.15) is 25.3 Å². The van der Waals surface area contributed by atoms with Crippen molar-refractivity contribution in [1.29, 1.82) is 0 Å². The monoisotopic (exact) mass is 398 g/mol. The van der Waals surface area contributed by atoms with Crippen LogP contribution in [0.15, 0.2) is 53.5 Å². The molecule has 2 aromatic carbocycles. The summed E-state index contributed by atoms with van der Waals surface area (Å²) in [7, 11) is 1.34. The number of ether oxygens (including phenoxy) is 2. The van der Waals surface area contributed by atoms with E-state index in [4.69, 9.17) is 9.47 Å². The van der Waals surface area contributed by atoms with Crippen LogP contribution in [0.5, 0.6) is 5.75 Å². The summed E-state index contributed by atoms with van der Waals surface area (Å²) < 4.78 is 12.9. The van der Waals surface area contributed by atoms with Crippen molar-refractivity contribution in [3.05, 3.63) is 58.9 Å². The van der Waals surface area contributed by atoms with Crippen molar-refractivity contribution >= 4 is 33.4 Å². The molecule has 1 amide bonds. The third kappa shape index (κ3) is 4.67. The van der Waals surface area contributed by atoms with E-state index in [0.717, 1.165) is 10.2 Å². The third-order valence-electron chi connectivity index (χ3n) is 4.21. The smallest absolute Gasteiger partial charge is 0.325 e. The van der Waals surface area contributed by atoms with E-state index in [0.29, 0.717) is 16.5 Å². The van der Waals surface area contributed by atoms with E-state index >= 15 is 0 Å². The fraction of sp³-hybridized carbons (Fsp3) is 0.286. The van der Waals surface area contributed by atoms with Crippen LogP contribution in [-0.2, 0) is 20.9 Å². The molecule has 28 heavy (non-hydrogen) atoms. The highest BCUT2D eigenvalue weighted by Crippen LogP contribution is 2.23. The average Bonchev–Trinajstić information content (AvgIpc) is 3.03. The highest BCUT2D eigenvalue weighted by Gasteiger charge is 2.13. The Bertz CT molecular complexity index is 1050. The standard InChI is InChI=1S/C21H22N2O4S/c1-14(2)15-9-10-17-18(11-15)28-21(23(17)12-20(25)26-3)22-19(24)13-27-16-7-5-4-6-8-16/h4-11,14H,12-13H2,1-3H3. The van der Waals surface area contributed by atoms with Gasteiger partial charge in [0.15, 0.2) is 11.4 Å². The van der Waals surface area contributed by atoms with Gasteiger partial charge in [0, 0.05) is 0 Å². The lowest BCUT2D eigenvalue weighted by molar-refractivity contribution is -0.141. The summed E-state index contributed by atoms with van der Waals surface area (Å²) in [6.45, 7) is 4.05. The van der Waals surface area contributed by atoms with Gasteiger partial charge in [0.1, 0.15) is 12.3 Å². The molecule has 0 atom stereocenters. The zero-order chi connectivity index (χ0) is 20.1. The van der Waals surface area contributed by atoms with E-state index in [-0.39, 0.29) is 13.2 Å². The summed E-state index contributed by atoms with van der Waals surface area (Å²) in [6, 6.07) is 15.1. The highest BCUT2D eigenvalue weighted by atomic mass is 32.1. The van der Waals surface area contributed by atoms with Crippen LogP contribution >= 0.6 is 11.3 Å². The van der Waals surface area contributed by atoms with Crippen LogP contribution in [0.2, 0.25) is 0 Å². The molecule has 0 bridgehead atoms. The van der Waals surface area contributed by atoms with Crippen LogP contribution in [0.4, 0.5) is 0 Å². The number of hydrogen-bond acceptors (Lipinski definition) is 5. The molecule has 6 nitrogen and oxygen atoms in total. The van der Waals surface area contributed by atoms with Crippen molar-refractivity contribution in [1.82, 2.24) is 4.57 Å². The molecule has 0 radical (unpaired) electrons. The van der Waals surface area contributed by atoms with Crippen LogP contribution in [0.25, 0.3) is 10.2 Å². The fourth-order valence-corrected chi connectivity index (χ4v) is 3.78. The van der Waals surface area contributed by atoms with Gasteiger partial charge in [0.2, 0.25) is 0 Å². The number of carbonyl (C=O) groups is 2. The normalized spacial score (nSPS) is 11.8. The first-order valence-corrected chi connectivity index (χ1v) is 9.75. The van der Waals surface area contributed by atoms with Gasteiger partial charge in [-0.3, -0.25) is 9.59 Å². The Hall–Kier alpha value is -2.93. The topological polar surface area (TPSA) is 69.9 Å². The Morgan fingerprint density at radius 2 is 1.89 bits per heavy atom. The molecule has 7 heteroatoms. The van der Waals surface area contributed by atoms with Gasteiger partial charge in [-0.05, 0) is 35.7 Å². The molecule has 0 aliphatic rings. The molecule has 0 fully saturated rings. The quantitative estimate of drug-likeness (QED) is 0.596. The Labute approximate surface area is 167 Å². The zero-order valence-electron chi connectivity index (χ0n) is 16.0. The molecule has 0 N–H and O–H groups in total. The summed E-state index contributed by atoms with van der Waals surface area (Å²) in [5.41, 5.74) is 2.03. The molecule has 0 spiro atoms. The first-order chi connectivity index (χ1) is 13.5. The zero-order valence-corrected chi connectivity index (χ0v) is 16.9.